The molecule has 11 heteroatoms. The van der Waals surface area contributed by atoms with Crippen molar-refractivity contribution in [3.8, 4) is 17.2 Å². The van der Waals surface area contributed by atoms with E-state index in [1.165, 1.54) is 6.07 Å². The first-order valence-electron chi connectivity index (χ1n) is 13.6. The first kappa shape index (κ1) is 28.3. The average molecular weight is 594 g/mol. The zero-order valence-corrected chi connectivity index (χ0v) is 23.9. The average Bonchev–Trinajstić information content (AvgIpc) is 3.49. The third-order valence-electron chi connectivity index (χ3n) is 6.76. The Kier molecular flexibility index (Phi) is 6.93. The maximum atomic E-state index is 14.0. The van der Waals surface area contributed by atoms with E-state index in [-0.39, 0.29) is 45.7 Å². The SMILES string of the molecule is CC(C)(C)OC(=O)N1C(=O)C(C2=COc3ccccc3O2)=C(c2cn(C(=O)[O-])c3ccc(OCc4ccccc4)cc23)C1=O. The number of carbonyl (C=O) groups is 4. The number of rotatable bonds is 5. The van der Waals surface area contributed by atoms with Crippen LogP contribution in [0.1, 0.15) is 31.9 Å². The predicted molar refractivity (Wildman–Crippen MR) is 154 cm³/mol. The Labute approximate surface area is 251 Å². The Balaban J connectivity index is 1.50. The van der Waals surface area contributed by atoms with Gasteiger partial charge in [-0.2, -0.15) is 4.90 Å². The minimum absolute atomic E-state index is 0.0251. The molecule has 2 aliphatic heterocycles. The van der Waals surface area contributed by atoms with Crippen LogP contribution in [0.25, 0.3) is 16.5 Å². The maximum Gasteiger partial charge on any atom is 0.424 e. The van der Waals surface area contributed by atoms with Gasteiger partial charge in [0.1, 0.15) is 30.3 Å². The molecule has 222 valence electrons. The summed E-state index contributed by atoms with van der Waals surface area (Å²) in [7, 11) is 0. The molecule has 0 fully saturated rings. The first-order valence-corrected chi connectivity index (χ1v) is 13.6. The van der Waals surface area contributed by atoms with Crippen LogP contribution < -0.4 is 19.3 Å². The third kappa shape index (κ3) is 5.15. The summed E-state index contributed by atoms with van der Waals surface area (Å²) in [6, 6.07) is 20.7. The first-order chi connectivity index (χ1) is 21.0. The maximum absolute atomic E-state index is 14.0. The van der Waals surface area contributed by atoms with Crippen LogP contribution in [-0.2, 0) is 20.9 Å². The summed E-state index contributed by atoms with van der Waals surface area (Å²) in [5.41, 5.74) is -0.550. The zero-order chi connectivity index (χ0) is 31.2. The van der Waals surface area contributed by atoms with E-state index in [1.54, 1.807) is 57.2 Å². The summed E-state index contributed by atoms with van der Waals surface area (Å²) in [5.74, 6) is -1.22. The molecular weight excluding hydrogens is 568 g/mol. The highest BCUT2D eigenvalue weighted by molar-refractivity contribution is 6.42. The summed E-state index contributed by atoms with van der Waals surface area (Å²) in [4.78, 5) is 53.5. The van der Waals surface area contributed by atoms with Gasteiger partial charge in [-0.1, -0.05) is 42.5 Å². The van der Waals surface area contributed by atoms with E-state index in [9.17, 15) is 24.3 Å². The Bertz CT molecular complexity index is 1910. The zero-order valence-electron chi connectivity index (χ0n) is 23.9. The molecule has 2 aliphatic rings. The van der Waals surface area contributed by atoms with Gasteiger partial charge in [0.15, 0.2) is 17.3 Å². The fraction of sp³-hybridized carbons (Fsp3) is 0.152. The molecule has 4 aromatic rings. The quantitative estimate of drug-likeness (QED) is 0.299. The van der Waals surface area contributed by atoms with Crippen LogP contribution in [0.4, 0.5) is 9.59 Å². The van der Waals surface area contributed by atoms with Crippen molar-refractivity contribution in [1.29, 1.82) is 0 Å². The third-order valence-corrected chi connectivity index (χ3v) is 6.76. The summed E-state index contributed by atoms with van der Waals surface area (Å²) in [6.07, 6.45) is -0.479. The summed E-state index contributed by atoms with van der Waals surface area (Å²) >= 11 is 0. The number of para-hydroxylation sites is 2. The molecule has 0 N–H and O–H groups in total. The Morgan fingerprint density at radius 1 is 0.886 bits per heavy atom. The number of hydrogen-bond donors (Lipinski definition) is 0. The monoisotopic (exact) mass is 593 g/mol. The number of carbonyl (C=O) groups excluding carboxylic acids is 4. The molecule has 0 bridgehead atoms. The number of hydrogen-bond acceptors (Lipinski definition) is 9. The second-order valence-corrected chi connectivity index (χ2v) is 11.0. The number of nitrogens with zero attached hydrogens (tertiary/aromatic N) is 2. The Morgan fingerprint density at radius 3 is 2.27 bits per heavy atom. The lowest BCUT2D eigenvalue weighted by atomic mass is 9.99. The van der Waals surface area contributed by atoms with Crippen LogP contribution in [-0.4, -0.2) is 39.1 Å². The van der Waals surface area contributed by atoms with Crippen molar-refractivity contribution in [1.82, 2.24) is 9.47 Å². The highest BCUT2D eigenvalue weighted by atomic mass is 16.6. The molecule has 0 saturated heterocycles. The highest BCUT2D eigenvalue weighted by Crippen LogP contribution is 2.42. The van der Waals surface area contributed by atoms with Crippen molar-refractivity contribution in [3.63, 3.8) is 0 Å². The molecule has 3 aromatic carbocycles. The van der Waals surface area contributed by atoms with Gasteiger partial charge in [0.25, 0.3) is 11.8 Å². The van der Waals surface area contributed by atoms with Gasteiger partial charge in [-0.15, -0.1) is 0 Å². The number of imide groups is 3. The number of aromatic nitrogens is 1. The van der Waals surface area contributed by atoms with E-state index >= 15 is 0 Å². The van der Waals surface area contributed by atoms with Gasteiger partial charge >= 0.3 is 6.09 Å². The van der Waals surface area contributed by atoms with E-state index in [2.05, 4.69) is 0 Å². The van der Waals surface area contributed by atoms with Gasteiger partial charge in [-0.05, 0) is 56.7 Å². The number of amides is 3. The van der Waals surface area contributed by atoms with Gasteiger partial charge in [0.2, 0.25) is 0 Å². The molecule has 3 heterocycles. The van der Waals surface area contributed by atoms with Crippen LogP contribution in [0.15, 0.2) is 96.6 Å². The minimum Gasteiger partial charge on any atom is -0.529 e. The topological polar surface area (TPSA) is 136 Å². The molecule has 6 rings (SSSR count). The van der Waals surface area contributed by atoms with Crippen molar-refractivity contribution >= 4 is 40.5 Å². The predicted octanol–water partition coefficient (Wildman–Crippen LogP) is 4.78. The molecule has 1 aromatic heterocycles. The lowest BCUT2D eigenvalue weighted by Crippen LogP contribution is -2.41. The highest BCUT2D eigenvalue weighted by Gasteiger charge is 2.48. The lowest BCUT2D eigenvalue weighted by Gasteiger charge is -2.23. The van der Waals surface area contributed by atoms with Crippen LogP contribution in [0.3, 0.4) is 0 Å². The van der Waals surface area contributed by atoms with E-state index < -0.39 is 29.6 Å². The van der Waals surface area contributed by atoms with E-state index in [4.69, 9.17) is 18.9 Å². The van der Waals surface area contributed by atoms with E-state index in [0.717, 1.165) is 22.6 Å². The van der Waals surface area contributed by atoms with Gasteiger partial charge in [0.05, 0.1) is 16.7 Å². The molecule has 11 nitrogen and oxygen atoms in total. The largest absolute Gasteiger partial charge is 0.529 e. The Morgan fingerprint density at radius 2 is 1.57 bits per heavy atom. The summed E-state index contributed by atoms with van der Waals surface area (Å²) < 4.78 is 23.8. The van der Waals surface area contributed by atoms with Crippen molar-refractivity contribution in [2.24, 2.45) is 0 Å². The smallest absolute Gasteiger partial charge is 0.424 e. The molecule has 0 spiro atoms. The minimum atomic E-state index is -1.58. The normalized spacial score (nSPS) is 14.6. The Hall–Kier alpha value is -5.84. The molecule has 0 radical (unpaired) electrons. The van der Waals surface area contributed by atoms with E-state index in [1.807, 2.05) is 30.3 Å². The van der Waals surface area contributed by atoms with Gasteiger partial charge in [0, 0.05) is 17.1 Å². The van der Waals surface area contributed by atoms with Gasteiger partial charge < -0.3 is 33.4 Å². The fourth-order valence-corrected chi connectivity index (χ4v) is 4.87. The van der Waals surface area contributed by atoms with Crippen molar-refractivity contribution < 1.29 is 43.2 Å². The second kappa shape index (κ2) is 10.8. The van der Waals surface area contributed by atoms with Crippen LogP contribution in [0.2, 0.25) is 0 Å². The summed E-state index contributed by atoms with van der Waals surface area (Å²) in [5, 5.41) is 12.4. The van der Waals surface area contributed by atoms with Crippen molar-refractivity contribution in [2.45, 2.75) is 33.0 Å². The molecular formula is C33H25N2O9-. The molecule has 0 unspecified atom stereocenters. The van der Waals surface area contributed by atoms with E-state index in [0.29, 0.717) is 16.4 Å². The van der Waals surface area contributed by atoms with Crippen LogP contribution in [0, 0.1) is 0 Å². The molecule has 3 amide bonds. The van der Waals surface area contributed by atoms with Crippen molar-refractivity contribution in [2.75, 3.05) is 0 Å². The fourth-order valence-electron chi connectivity index (χ4n) is 4.87. The number of fused-ring (bicyclic) bond motifs is 2. The molecule has 0 atom stereocenters. The number of benzene rings is 3. The molecule has 0 aliphatic carbocycles. The lowest BCUT2D eigenvalue weighted by molar-refractivity contribution is -0.249. The van der Waals surface area contributed by atoms with Gasteiger partial charge in [-0.25, -0.2) is 4.79 Å². The molecule has 0 saturated carbocycles. The number of carboxylic acid groups (broad SMARTS) is 1. The standard InChI is InChI=1S/C33H26N2O9/c1-33(2,3)44-32(40)35-29(36)27(28(30(35)37)26-18-42-24-11-7-8-12-25(24)43-26)22-16-34(31(38)39)23-14-13-20(15-21(22)23)41-17-19-9-5-4-6-10-19/h4-16,18H,17H2,1-3H3,(H,38,39)/p-1. The van der Waals surface area contributed by atoms with Crippen LogP contribution >= 0.6 is 0 Å². The van der Waals surface area contributed by atoms with Crippen LogP contribution in [0.5, 0.6) is 17.2 Å². The molecule has 44 heavy (non-hydrogen) atoms. The second-order valence-electron chi connectivity index (χ2n) is 11.0. The number of ether oxygens (including phenoxy) is 4. The van der Waals surface area contributed by atoms with Gasteiger partial charge in [-0.3, -0.25) is 9.59 Å². The van der Waals surface area contributed by atoms with Crippen molar-refractivity contribution in [3.05, 3.63) is 108 Å². The summed E-state index contributed by atoms with van der Waals surface area (Å²) in [6.45, 7) is 4.99.